The zero-order valence-corrected chi connectivity index (χ0v) is 17.7. The summed E-state index contributed by atoms with van der Waals surface area (Å²) in [4.78, 5) is 14.6. The first-order chi connectivity index (χ1) is 14.5. The van der Waals surface area contributed by atoms with Gasteiger partial charge in [0.05, 0.1) is 15.7 Å². The summed E-state index contributed by atoms with van der Waals surface area (Å²) in [5.41, 5.74) is 3.87. The quantitative estimate of drug-likeness (QED) is 0.416. The number of anilines is 1. The molecule has 0 aromatic heterocycles. The molecular formula is C24H18Cl2FNO2. The molecule has 1 amide bonds. The molecule has 0 saturated heterocycles. The van der Waals surface area contributed by atoms with Crippen LogP contribution in [0.2, 0.25) is 10.0 Å². The Balaban J connectivity index is 1.62. The van der Waals surface area contributed by atoms with Crippen LogP contribution in [0.1, 0.15) is 23.6 Å². The second kappa shape index (κ2) is 8.50. The van der Waals surface area contributed by atoms with Crippen molar-refractivity contribution in [2.24, 2.45) is 0 Å². The molecule has 3 aromatic rings. The summed E-state index contributed by atoms with van der Waals surface area (Å²) in [7, 11) is 0. The zero-order chi connectivity index (χ0) is 21.3. The van der Waals surface area contributed by atoms with Crippen LogP contribution in [-0.4, -0.2) is 12.5 Å². The lowest BCUT2D eigenvalue weighted by Gasteiger charge is -2.13. The second-order valence-corrected chi connectivity index (χ2v) is 7.67. The van der Waals surface area contributed by atoms with E-state index in [1.54, 1.807) is 35.2 Å². The molecule has 0 atom stereocenters. The fourth-order valence-electron chi connectivity index (χ4n) is 3.46. The van der Waals surface area contributed by atoms with Gasteiger partial charge in [0.1, 0.15) is 12.4 Å². The summed E-state index contributed by atoms with van der Waals surface area (Å²) in [6.07, 6.45) is 1.79. The highest BCUT2D eigenvalue weighted by atomic mass is 35.5. The van der Waals surface area contributed by atoms with Gasteiger partial charge in [0.15, 0.2) is 5.75 Å². The highest BCUT2D eigenvalue weighted by Gasteiger charge is 2.30. The number of ether oxygens (including phenoxy) is 1. The summed E-state index contributed by atoms with van der Waals surface area (Å²) in [5, 5.41) is 0.671. The standard InChI is InChI=1S/C24H18Cl2FNO2/c1-2-28-22-6-4-3-5-18(22)19(24(28)29)11-16-12-20(25)23(21(26)13-16)30-14-15-7-9-17(27)10-8-15/h3-13H,2,14H2,1H3/b19-11-. The van der Waals surface area contributed by atoms with Crippen molar-refractivity contribution in [3.63, 3.8) is 0 Å². The minimum absolute atomic E-state index is 0.0532. The van der Waals surface area contributed by atoms with Crippen LogP contribution in [0.15, 0.2) is 60.7 Å². The van der Waals surface area contributed by atoms with Gasteiger partial charge in [-0.1, -0.05) is 53.5 Å². The maximum atomic E-state index is 13.0. The molecule has 3 aromatic carbocycles. The molecule has 1 aliphatic heterocycles. The monoisotopic (exact) mass is 441 g/mol. The average Bonchev–Trinajstić information content (AvgIpc) is 3.00. The van der Waals surface area contributed by atoms with E-state index < -0.39 is 0 Å². The van der Waals surface area contributed by atoms with Crippen molar-refractivity contribution < 1.29 is 13.9 Å². The molecule has 3 nitrogen and oxygen atoms in total. The number of hydrogen-bond acceptors (Lipinski definition) is 2. The number of para-hydroxylation sites is 1. The number of benzene rings is 3. The predicted octanol–water partition coefficient (Wildman–Crippen LogP) is 6.62. The van der Waals surface area contributed by atoms with Gasteiger partial charge in [0.25, 0.3) is 5.91 Å². The molecule has 0 bridgehead atoms. The molecule has 30 heavy (non-hydrogen) atoms. The van der Waals surface area contributed by atoms with E-state index in [0.717, 1.165) is 16.8 Å². The molecule has 6 heteroatoms. The number of halogens is 3. The Morgan fingerprint density at radius 2 is 1.70 bits per heavy atom. The lowest BCUT2D eigenvalue weighted by atomic mass is 10.0. The van der Waals surface area contributed by atoms with E-state index >= 15 is 0 Å². The zero-order valence-electron chi connectivity index (χ0n) is 16.2. The Morgan fingerprint density at radius 3 is 2.37 bits per heavy atom. The van der Waals surface area contributed by atoms with Crippen LogP contribution in [0, 0.1) is 5.82 Å². The molecular weight excluding hydrogens is 424 g/mol. The maximum absolute atomic E-state index is 13.0. The van der Waals surface area contributed by atoms with E-state index in [9.17, 15) is 9.18 Å². The Kier molecular flexibility index (Phi) is 5.80. The SMILES string of the molecule is CCN1C(=O)/C(=C\c2cc(Cl)c(OCc3ccc(F)cc3)c(Cl)c2)c2ccccc21. The molecule has 0 radical (unpaired) electrons. The van der Waals surface area contributed by atoms with E-state index in [4.69, 9.17) is 27.9 Å². The topological polar surface area (TPSA) is 29.5 Å². The lowest BCUT2D eigenvalue weighted by Crippen LogP contribution is -2.25. The number of carbonyl (C=O) groups excluding carboxylic acids is 1. The number of nitrogens with zero attached hydrogens (tertiary/aromatic N) is 1. The number of amides is 1. The van der Waals surface area contributed by atoms with Gasteiger partial charge in [0, 0.05) is 17.7 Å². The van der Waals surface area contributed by atoms with Crippen molar-refractivity contribution in [3.05, 3.63) is 93.2 Å². The summed E-state index contributed by atoms with van der Waals surface area (Å²) in [6, 6.07) is 17.1. The van der Waals surface area contributed by atoms with Crippen LogP contribution in [0.25, 0.3) is 11.6 Å². The van der Waals surface area contributed by atoms with Crippen LogP contribution in [0.5, 0.6) is 5.75 Å². The van der Waals surface area contributed by atoms with E-state index in [1.165, 1.54) is 12.1 Å². The maximum Gasteiger partial charge on any atom is 0.258 e. The number of rotatable bonds is 5. The Bertz CT molecular complexity index is 1120. The summed E-state index contributed by atoms with van der Waals surface area (Å²) in [5.74, 6) is -0.0161. The Hall–Kier alpha value is -2.82. The average molecular weight is 442 g/mol. The fraction of sp³-hybridized carbons (Fsp3) is 0.125. The van der Waals surface area contributed by atoms with Crippen molar-refractivity contribution in [3.8, 4) is 5.75 Å². The molecule has 0 N–H and O–H groups in total. The number of carbonyl (C=O) groups is 1. The van der Waals surface area contributed by atoms with E-state index in [2.05, 4.69) is 0 Å². The van der Waals surface area contributed by atoms with Crippen molar-refractivity contribution in [1.82, 2.24) is 0 Å². The van der Waals surface area contributed by atoms with E-state index in [-0.39, 0.29) is 18.3 Å². The van der Waals surface area contributed by atoms with Gasteiger partial charge in [-0.2, -0.15) is 0 Å². The second-order valence-electron chi connectivity index (χ2n) is 6.85. The van der Waals surface area contributed by atoms with E-state index in [1.807, 2.05) is 31.2 Å². The first-order valence-corrected chi connectivity index (χ1v) is 10.2. The third-order valence-corrected chi connectivity index (χ3v) is 5.47. The van der Waals surface area contributed by atoms with Gasteiger partial charge < -0.3 is 9.64 Å². The Morgan fingerprint density at radius 1 is 1.03 bits per heavy atom. The summed E-state index contributed by atoms with van der Waals surface area (Å²) >= 11 is 12.8. The highest BCUT2D eigenvalue weighted by molar-refractivity contribution is 6.38. The molecule has 0 spiro atoms. The van der Waals surface area contributed by atoms with Crippen LogP contribution >= 0.6 is 23.2 Å². The molecule has 1 heterocycles. The number of hydrogen-bond donors (Lipinski definition) is 0. The van der Waals surface area contributed by atoms with Gasteiger partial charge in [-0.15, -0.1) is 0 Å². The van der Waals surface area contributed by atoms with Crippen LogP contribution in [-0.2, 0) is 11.4 Å². The van der Waals surface area contributed by atoms with Crippen LogP contribution in [0.4, 0.5) is 10.1 Å². The molecule has 152 valence electrons. The first kappa shape index (κ1) is 20.5. The highest BCUT2D eigenvalue weighted by Crippen LogP contribution is 2.40. The first-order valence-electron chi connectivity index (χ1n) is 9.47. The van der Waals surface area contributed by atoms with Crippen molar-refractivity contribution in [1.29, 1.82) is 0 Å². The molecule has 0 fully saturated rings. The minimum atomic E-state index is -0.308. The van der Waals surface area contributed by atoms with Crippen molar-refractivity contribution in [2.45, 2.75) is 13.5 Å². The molecule has 0 unspecified atom stereocenters. The largest absolute Gasteiger partial charge is 0.486 e. The summed E-state index contributed by atoms with van der Waals surface area (Å²) < 4.78 is 18.8. The molecule has 0 aliphatic carbocycles. The van der Waals surface area contributed by atoms with Gasteiger partial charge in [-0.05, 0) is 54.5 Å². The van der Waals surface area contributed by atoms with Crippen LogP contribution in [0.3, 0.4) is 0 Å². The molecule has 1 aliphatic rings. The van der Waals surface area contributed by atoms with Gasteiger partial charge in [-0.25, -0.2) is 4.39 Å². The summed E-state index contributed by atoms with van der Waals surface area (Å²) in [6.45, 7) is 2.74. The lowest BCUT2D eigenvalue weighted by molar-refractivity contribution is -0.112. The van der Waals surface area contributed by atoms with E-state index in [0.29, 0.717) is 33.5 Å². The third-order valence-electron chi connectivity index (χ3n) is 4.90. The van der Waals surface area contributed by atoms with Crippen molar-refractivity contribution >= 4 is 46.4 Å². The van der Waals surface area contributed by atoms with Crippen LogP contribution < -0.4 is 9.64 Å². The smallest absolute Gasteiger partial charge is 0.258 e. The van der Waals surface area contributed by atoms with Gasteiger partial charge in [-0.3, -0.25) is 4.79 Å². The van der Waals surface area contributed by atoms with Gasteiger partial charge in [0.2, 0.25) is 0 Å². The molecule has 4 rings (SSSR count). The number of fused-ring (bicyclic) bond motifs is 1. The normalized spacial score (nSPS) is 14.3. The number of likely N-dealkylation sites (N-methyl/N-ethyl adjacent to an activating group) is 1. The fourth-order valence-corrected chi connectivity index (χ4v) is 4.08. The third kappa shape index (κ3) is 3.93. The molecule has 0 saturated carbocycles. The Labute approximate surface area is 184 Å². The minimum Gasteiger partial charge on any atom is -0.486 e. The predicted molar refractivity (Wildman–Crippen MR) is 120 cm³/mol. The van der Waals surface area contributed by atoms with Crippen molar-refractivity contribution in [2.75, 3.05) is 11.4 Å². The van der Waals surface area contributed by atoms with Gasteiger partial charge >= 0.3 is 0 Å².